The zero-order valence-corrected chi connectivity index (χ0v) is 18.1. The van der Waals surface area contributed by atoms with Gasteiger partial charge in [0, 0.05) is 0 Å². The van der Waals surface area contributed by atoms with Crippen LogP contribution in [-0.2, 0) is 26.2 Å². The van der Waals surface area contributed by atoms with Crippen LogP contribution in [0.15, 0.2) is 35.5 Å². The van der Waals surface area contributed by atoms with Gasteiger partial charge in [0.1, 0.15) is 0 Å². The van der Waals surface area contributed by atoms with Gasteiger partial charge in [0.2, 0.25) is 0 Å². The van der Waals surface area contributed by atoms with Crippen molar-refractivity contribution < 1.29 is 26.2 Å². The maximum Gasteiger partial charge on any atom is 2.00 e. The second kappa shape index (κ2) is 14.2. The van der Waals surface area contributed by atoms with E-state index in [0.29, 0.717) is 0 Å². The minimum Gasteiger partial charge on any atom is -0.269 e. The van der Waals surface area contributed by atoms with Crippen LogP contribution in [0.4, 0.5) is 0 Å². The summed E-state index contributed by atoms with van der Waals surface area (Å²) in [5.74, 6) is 1.55. The summed E-state index contributed by atoms with van der Waals surface area (Å²) >= 11 is 0. The maximum absolute atomic E-state index is 3.40. The van der Waals surface area contributed by atoms with Crippen LogP contribution in [0.1, 0.15) is 79.1 Å². The molecule has 0 aromatic heterocycles. The molecular formula is C22H34Zr. The molecule has 0 bridgehead atoms. The Kier molecular flexibility index (Phi) is 14.1. The maximum atomic E-state index is 3.40. The molecule has 2 unspecified atom stereocenters. The van der Waals surface area contributed by atoms with E-state index in [2.05, 4.69) is 64.2 Å². The zero-order chi connectivity index (χ0) is 16.2. The number of allylic oxidation sites excluding steroid dienone is 8. The van der Waals surface area contributed by atoms with Gasteiger partial charge in [-0.3, -0.25) is 12.2 Å². The van der Waals surface area contributed by atoms with Crippen LogP contribution >= 0.6 is 0 Å². The Morgan fingerprint density at radius 2 is 1.17 bits per heavy atom. The molecule has 0 saturated carbocycles. The summed E-state index contributed by atoms with van der Waals surface area (Å²) in [6, 6.07) is 0. The van der Waals surface area contributed by atoms with Gasteiger partial charge in [-0.2, -0.15) is 12.2 Å². The molecule has 0 fully saturated rings. The van der Waals surface area contributed by atoms with Gasteiger partial charge < -0.3 is 0 Å². The van der Waals surface area contributed by atoms with E-state index in [4.69, 9.17) is 0 Å². The molecule has 2 rings (SSSR count). The molecule has 2 aliphatic rings. The van der Waals surface area contributed by atoms with Gasteiger partial charge in [-0.25, -0.2) is 23.3 Å². The Labute approximate surface area is 164 Å². The van der Waals surface area contributed by atoms with Crippen LogP contribution in [-0.4, -0.2) is 0 Å². The Bertz CT molecular complexity index is 372. The fourth-order valence-electron chi connectivity index (χ4n) is 3.26. The molecule has 0 heterocycles. The Morgan fingerprint density at radius 1 is 0.783 bits per heavy atom. The van der Waals surface area contributed by atoms with Crippen molar-refractivity contribution in [2.75, 3.05) is 0 Å². The third-order valence-corrected chi connectivity index (χ3v) is 4.58. The van der Waals surface area contributed by atoms with Gasteiger partial charge in [0.15, 0.2) is 0 Å². The molecule has 0 N–H and O–H groups in total. The van der Waals surface area contributed by atoms with E-state index in [1.807, 2.05) is 0 Å². The van der Waals surface area contributed by atoms with Crippen molar-refractivity contribution in [3.8, 4) is 0 Å². The molecule has 0 nitrogen and oxygen atoms in total. The first-order valence-corrected chi connectivity index (χ1v) is 9.31. The normalized spacial score (nSPS) is 17.7. The van der Waals surface area contributed by atoms with Crippen molar-refractivity contribution in [1.29, 1.82) is 0 Å². The summed E-state index contributed by atoms with van der Waals surface area (Å²) in [5.41, 5.74) is 2.91. The quantitative estimate of drug-likeness (QED) is 0.392. The molecule has 0 radical (unpaired) electrons. The molecule has 2 aliphatic carbocycles. The average molecular weight is 390 g/mol. The molecule has 0 spiro atoms. The topological polar surface area (TPSA) is 0 Å². The molecule has 23 heavy (non-hydrogen) atoms. The van der Waals surface area contributed by atoms with Crippen LogP contribution in [0.25, 0.3) is 0 Å². The molecule has 0 amide bonds. The first kappa shape index (κ1) is 22.8. The van der Waals surface area contributed by atoms with E-state index in [0.717, 1.165) is 24.7 Å². The molecule has 0 aromatic carbocycles. The van der Waals surface area contributed by atoms with Crippen molar-refractivity contribution in [2.45, 2.75) is 79.1 Å². The van der Waals surface area contributed by atoms with E-state index in [-0.39, 0.29) is 26.2 Å². The third-order valence-electron chi connectivity index (χ3n) is 4.58. The SMILES string of the molecule is CCCC(CC)C1=[C-]CC=C1.CCCC(CC)C1=[C-]CC=C1.[Zr+2]. The summed E-state index contributed by atoms with van der Waals surface area (Å²) in [5, 5.41) is 0. The van der Waals surface area contributed by atoms with Gasteiger partial charge >= 0.3 is 26.2 Å². The number of hydrogen-bond acceptors (Lipinski definition) is 0. The molecule has 2 atom stereocenters. The minimum atomic E-state index is 0. The van der Waals surface area contributed by atoms with Crippen molar-refractivity contribution in [1.82, 2.24) is 0 Å². The Hall–Kier alpha value is -0.157. The van der Waals surface area contributed by atoms with Crippen molar-refractivity contribution in [3.63, 3.8) is 0 Å². The van der Waals surface area contributed by atoms with Gasteiger partial charge in [0.25, 0.3) is 0 Å². The van der Waals surface area contributed by atoms with E-state index >= 15 is 0 Å². The first-order valence-electron chi connectivity index (χ1n) is 9.31. The number of hydrogen-bond donors (Lipinski definition) is 0. The van der Waals surface area contributed by atoms with Crippen LogP contribution in [0.5, 0.6) is 0 Å². The van der Waals surface area contributed by atoms with E-state index in [1.165, 1.54) is 49.7 Å². The summed E-state index contributed by atoms with van der Waals surface area (Å²) in [6.07, 6.45) is 25.5. The Balaban J connectivity index is 0.000000403. The van der Waals surface area contributed by atoms with Gasteiger partial charge in [-0.15, -0.1) is 12.8 Å². The predicted molar refractivity (Wildman–Crippen MR) is 98.4 cm³/mol. The molecular weight excluding hydrogens is 355 g/mol. The summed E-state index contributed by atoms with van der Waals surface area (Å²) < 4.78 is 0. The van der Waals surface area contributed by atoms with E-state index in [1.54, 1.807) is 0 Å². The minimum absolute atomic E-state index is 0. The molecule has 0 saturated heterocycles. The van der Waals surface area contributed by atoms with Gasteiger partial charge in [-0.05, 0) is 12.8 Å². The van der Waals surface area contributed by atoms with Crippen molar-refractivity contribution in [2.24, 2.45) is 11.8 Å². The fraction of sp³-hybridized carbons (Fsp3) is 0.636. The van der Waals surface area contributed by atoms with Gasteiger partial charge in [0.05, 0.1) is 0 Å². The van der Waals surface area contributed by atoms with Crippen LogP contribution in [0.2, 0.25) is 0 Å². The zero-order valence-electron chi connectivity index (χ0n) is 15.6. The first-order chi connectivity index (χ1) is 10.8. The molecule has 0 aliphatic heterocycles. The second-order valence-corrected chi connectivity index (χ2v) is 6.26. The predicted octanol–water partition coefficient (Wildman–Crippen LogP) is 7.00. The smallest absolute Gasteiger partial charge is 0.269 e. The third kappa shape index (κ3) is 8.48. The molecule has 0 aromatic rings. The monoisotopic (exact) mass is 388 g/mol. The average Bonchev–Trinajstić information content (AvgIpc) is 3.23. The molecule has 126 valence electrons. The van der Waals surface area contributed by atoms with E-state index in [9.17, 15) is 0 Å². The van der Waals surface area contributed by atoms with Crippen molar-refractivity contribution >= 4 is 0 Å². The van der Waals surface area contributed by atoms with Crippen molar-refractivity contribution in [3.05, 3.63) is 47.6 Å². The van der Waals surface area contributed by atoms with Crippen LogP contribution in [0, 0.1) is 24.0 Å². The number of rotatable bonds is 8. The van der Waals surface area contributed by atoms with Crippen LogP contribution < -0.4 is 0 Å². The second-order valence-electron chi connectivity index (χ2n) is 6.26. The molecule has 1 heteroatoms. The summed E-state index contributed by atoms with van der Waals surface area (Å²) in [6.45, 7) is 9.03. The standard InChI is InChI=1S/2C11H17.Zr/c2*1-3-7-10(4-2)11-8-5-6-9-11;/h2*5,8,10H,3-4,6-7H2,1-2H3;/q2*-1;+2. The van der Waals surface area contributed by atoms with E-state index < -0.39 is 0 Å². The summed E-state index contributed by atoms with van der Waals surface area (Å²) in [4.78, 5) is 0. The van der Waals surface area contributed by atoms with Gasteiger partial charge in [-0.1, -0.05) is 65.2 Å². The summed E-state index contributed by atoms with van der Waals surface area (Å²) in [7, 11) is 0. The van der Waals surface area contributed by atoms with Crippen LogP contribution in [0.3, 0.4) is 0 Å². The fourth-order valence-corrected chi connectivity index (χ4v) is 3.26. The largest absolute Gasteiger partial charge is 2.00 e. The Morgan fingerprint density at radius 3 is 1.39 bits per heavy atom.